The smallest absolute Gasteiger partial charge is 0.203 e. The van der Waals surface area contributed by atoms with Gasteiger partial charge in [-0.05, 0) is 60.6 Å². The molecule has 0 saturated carbocycles. The number of halogens is 1. The number of rotatable bonds is 0. The molecule has 0 fully saturated rings. The lowest BCUT2D eigenvalue weighted by Gasteiger charge is -2.06. The van der Waals surface area contributed by atoms with E-state index < -0.39 is 0 Å². The standard InChI is InChI=1S/C12H12INO/c1-6-4-7(2)10-9(5-6)14-8(3)11(13)12(10)15/h4-5H,1-3H3,(H,14,15). The monoisotopic (exact) mass is 313 g/mol. The molecule has 1 heterocycles. The maximum atomic E-state index is 12.1. The van der Waals surface area contributed by atoms with Gasteiger partial charge in [0.25, 0.3) is 0 Å². The van der Waals surface area contributed by atoms with Crippen LogP contribution in [0, 0.1) is 24.3 Å². The van der Waals surface area contributed by atoms with E-state index in [1.807, 2.05) is 32.9 Å². The Morgan fingerprint density at radius 1 is 1.20 bits per heavy atom. The van der Waals surface area contributed by atoms with E-state index in [0.29, 0.717) is 0 Å². The van der Waals surface area contributed by atoms with Gasteiger partial charge in [-0.25, -0.2) is 0 Å². The number of fused-ring (bicyclic) bond motifs is 1. The minimum atomic E-state index is 0.138. The fraction of sp³-hybridized carbons (Fsp3) is 0.250. The molecule has 3 heteroatoms. The summed E-state index contributed by atoms with van der Waals surface area (Å²) < 4.78 is 0.784. The zero-order chi connectivity index (χ0) is 11.2. The van der Waals surface area contributed by atoms with Gasteiger partial charge < -0.3 is 4.98 Å². The Kier molecular flexibility index (Phi) is 2.58. The first-order valence-electron chi connectivity index (χ1n) is 4.80. The van der Waals surface area contributed by atoms with Crippen molar-refractivity contribution in [1.29, 1.82) is 0 Å². The zero-order valence-corrected chi connectivity index (χ0v) is 11.1. The summed E-state index contributed by atoms with van der Waals surface area (Å²) >= 11 is 2.10. The van der Waals surface area contributed by atoms with E-state index in [4.69, 9.17) is 0 Å². The van der Waals surface area contributed by atoms with Crippen molar-refractivity contribution in [3.63, 3.8) is 0 Å². The Morgan fingerprint density at radius 3 is 2.53 bits per heavy atom. The molecule has 15 heavy (non-hydrogen) atoms. The van der Waals surface area contributed by atoms with Crippen molar-refractivity contribution in [2.75, 3.05) is 0 Å². The molecule has 2 nitrogen and oxygen atoms in total. The molecule has 0 spiro atoms. The SMILES string of the molecule is Cc1cc(C)c2c(=O)c(I)c(C)[nH]c2c1. The summed E-state index contributed by atoms with van der Waals surface area (Å²) in [6.45, 7) is 5.95. The first-order chi connectivity index (χ1) is 7.00. The molecule has 78 valence electrons. The first kappa shape index (κ1) is 10.7. The molecule has 2 aromatic rings. The molecule has 0 radical (unpaired) electrons. The van der Waals surface area contributed by atoms with Crippen LogP contribution in [0.3, 0.4) is 0 Å². The number of H-pyrrole nitrogens is 1. The van der Waals surface area contributed by atoms with Gasteiger partial charge in [-0.1, -0.05) is 6.07 Å². The third kappa shape index (κ3) is 1.69. The molecular weight excluding hydrogens is 301 g/mol. The van der Waals surface area contributed by atoms with Gasteiger partial charge in [-0.2, -0.15) is 0 Å². The highest BCUT2D eigenvalue weighted by Gasteiger charge is 2.08. The summed E-state index contributed by atoms with van der Waals surface area (Å²) in [5, 5.41) is 0.815. The third-order valence-corrected chi connectivity index (χ3v) is 3.86. The summed E-state index contributed by atoms with van der Waals surface area (Å²) in [7, 11) is 0. The number of benzene rings is 1. The number of aryl methyl sites for hydroxylation is 3. The predicted molar refractivity (Wildman–Crippen MR) is 71.5 cm³/mol. The molecule has 0 atom stereocenters. The van der Waals surface area contributed by atoms with Crippen LogP contribution in [-0.2, 0) is 0 Å². The lowest BCUT2D eigenvalue weighted by Crippen LogP contribution is -2.11. The molecule has 0 amide bonds. The number of hydrogen-bond donors (Lipinski definition) is 1. The molecule has 1 aromatic carbocycles. The molecule has 0 aliphatic carbocycles. The van der Waals surface area contributed by atoms with Crippen molar-refractivity contribution in [2.45, 2.75) is 20.8 Å². The Labute approximate surface area is 102 Å². The highest BCUT2D eigenvalue weighted by atomic mass is 127. The molecular formula is C12H12INO. The van der Waals surface area contributed by atoms with Gasteiger partial charge in [-0.15, -0.1) is 0 Å². The van der Waals surface area contributed by atoms with Crippen LogP contribution in [-0.4, -0.2) is 4.98 Å². The van der Waals surface area contributed by atoms with E-state index in [1.165, 1.54) is 5.56 Å². The highest BCUT2D eigenvalue weighted by Crippen LogP contribution is 2.18. The van der Waals surface area contributed by atoms with Crippen molar-refractivity contribution >= 4 is 33.5 Å². The Morgan fingerprint density at radius 2 is 1.87 bits per heavy atom. The molecule has 0 aliphatic rings. The number of nitrogens with one attached hydrogen (secondary N) is 1. The summed E-state index contributed by atoms with van der Waals surface area (Å²) in [5.41, 5.74) is 4.24. The normalized spacial score (nSPS) is 10.9. The minimum absolute atomic E-state index is 0.138. The van der Waals surface area contributed by atoms with Gasteiger partial charge >= 0.3 is 0 Å². The fourth-order valence-electron chi connectivity index (χ4n) is 1.90. The van der Waals surface area contributed by atoms with Gasteiger partial charge in [0.1, 0.15) is 0 Å². The second-order valence-corrected chi connectivity index (χ2v) is 4.98. The van der Waals surface area contributed by atoms with Crippen LogP contribution in [0.25, 0.3) is 10.9 Å². The highest BCUT2D eigenvalue weighted by molar-refractivity contribution is 14.1. The van der Waals surface area contributed by atoms with Gasteiger partial charge in [0.2, 0.25) is 5.43 Å². The first-order valence-corrected chi connectivity index (χ1v) is 5.88. The van der Waals surface area contributed by atoms with E-state index in [2.05, 4.69) is 27.6 Å². The lowest BCUT2D eigenvalue weighted by atomic mass is 10.1. The van der Waals surface area contributed by atoms with Crippen molar-refractivity contribution in [3.8, 4) is 0 Å². The van der Waals surface area contributed by atoms with Crippen molar-refractivity contribution in [1.82, 2.24) is 4.98 Å². The molecule has 0 saturated heterocycles. The summed E-state index contributed by atoms with van der Waals surface area (Å²) in [5.74, 6) is 0. The van der Waals surface area contributed by atoms with E-state index in [0.717, 1.165) is 25.7 Å². The van der Waals surface area contributed by atoms with Gasteiger partial charge in [-0.3, -0.25) is 4.79 Å². The van der Waals surface area contributed by atoms with E-state index in [1.54, 1.807) is 0 Å². The second-order valence-electron chi connectivity index (χ2n) is 3.90. The molecule has 0 bridgehead atoms. The fourth-order valence-corrected chi connectivity index (χ4v) is 2.31. The topological polar surface area (TPSA) is 32.9 Å². The van der Waals surface area contributed by atoms with Crippen LogP contribution in [0.4, 0.5) is 0 Å². The summed E-state index contributed by atoms with van der Waals surface area (Å²) in [4.78, 5) is 15.3. The minimum Gasteiger partial charge on any atom is -0.358 e. The molecule has 0 aliphatic heterocycles. The Hall–Kier alpha value is -0.840. The number of aromatic amines is 1. The van der Waals surface area contributed by atoms with Crippen molar-refractivity contribution in [2.24, 2.45) is 0 Å². The van der Waals surface area contributed by atoms with Crippen LogP contribution < -0.4 is 5.43 Å². The molecule has 1 aromatic heterocycles. The van der Waals surface area contributed by atoms with E-state index in [9.17, 15) is 4.79 Å². The van der Waals surface area contributed by atoms with Crippen molar-refractivity contribution < 1.29 is 0 Å². The average molecular weight is 313 g/mol. The van der Waals surface area contributed by atoms with Crippen molar-refractivity contribution in [3.05, 3.63) is 42.7 Å². The van der Waals surface area contributed by atoms with Crippen LogP contribution in [0.1, 0.15) is 16.8 Å². The predicted octanol–water partition coefficient (Wildman–Crippen LogP) is 3.06. The van der Waals surface area contributed by atoms with Gasteiger partial charge in [0.05, 0.1) is 9.09 Å². The number of aromatic nitrogens is 1. The Bertz CT molecular complexity index is 599. The van der Waals surface area contributed by atoms with Gasteiger partial charge in [0.15, 0.2) is 0 Å². The second kappa shape index (κ2) is 3.63. The van der Waals surface area contributed by atoms with Crippen LogP contribution in [0.15, 0.2) is 16.9 Å². The van der Waals surface area contributed by atoms with Crippen LogP contribution >= 0.6 is 22.6 Å². The molecule has 0 unspecified atom stereocenters. The lowest BCUT2D eigenvalue weighted by molar-refractivity contribution is 1.20. The Balaban J connectivity index is 3.06. The van der Waals surface area contributed by atoms with E-state index in [-0.39, 0.29) is 5.43 Å². The molecule has 1 N–H and O–H groups in total. The largest absolute Gasteiger partial charge is 0.358 e. The van der Waals surface area contributed by atoms with Crippen LogP contribution in [0.5, 0.6) is 0 Å². The van der Waals surface area contributed by atoms with Crippen LogP contribution in [0.2, 0.25) is 0 Å². The molecule has 2 rings (SSSR count). The maximum Gasteiger partial charge on any atom is 0.203 e. The summed E-state index contributed by atoms with van der Waals surface area (Å²) in [6, 6.07) is 4.07. The number of hydrogen-bond acceptors (Lipinski definition) is 1. The summed E-state index contributed by atoms with van der Waals surface area (Å²) in [6.07, 6.45) is 0. The maximum absolute atomic E-state index is 12.1. The average Bonchev–Trinajstić information content (AvgIpc) is 2.13. The van der Waals surface area contributed by atoms with Gasteiger partial charge in [0, 0.05) is 11.1 Å². The quantitative estimate of drug-likeness (QED) is 0.745. The third-order valence-electron chi connectivity index (χ3n) is 2.56. The number of pyridine rings is 1. The van der Waals surface area contributed by atoms with E-state index >= 15 is 0 Å². The zero-order valence-electron chi connectivity index (χ0n) is 8.94.